The van der Waals surface area contributed by atoms with E-state index >= 15 is 0 Å². The van der Waals surface area contributed by atoms with Gasteiger partial charge in [-0.1, -0.05) is 74.9 Å². The Kier molecular flexibility index (Phi) is 5.71. The Morgan fingerprint density at radius 3 is 1.94 bits per heavy atom. The lowest BCUT2D eigenvalue weighted by atomic mass is 9.64. The number of nitrogens with zero attached hydrogens (tertiary/aromatic N) is 2. The summed E-state index contributed by atoms with van der Waals surface area (Å²) in [6, 6.07) is 20.1. The highest BCUT2D eigenvalue weighted by molar-refractivity contribution is 5.63. The first-order chi connectivity index (χ1) is 16.7. The summed E-state index contributed by atoms with van der Waals surface area (Å²) < 4.78 is 5.42. The number of hydrogen-bond donors (Lipinski definition) is 0. The number of imidazole rings is 1. The molecule has 0 bridgehead atoms. The highest BCUT2D eigenvalue weighted by atomic mass is 15.2. The molecular weight excluding hydrogens is 412 g/mol. The fourth-order valence-corrected chi connectivity index (χ4v) is 7.58. The van der Waals surface area contributed by atoms with E-state index in [9.17, 15) is 0 Å². The van der Waals surface area contributed by atoms with E-state index in [2.05, 4.69) is 89.7 Å². The van der Waals surface area contributed by atoms with Crippen molar-refractivity contribution < 1.29 is 4.57 Å². The molecule has 1 aliphatic heterocycles. The monoisotopic (exact) mass is 451 g/mol. The molecule has 3 aromatic rings. The zero-order chi connectivity index (χ0) is 23.1. The van der Waals surface area contributed by atoms with Crippen molar-refractivity contribution in [2.75, 3.05) is 0 Å². The largest absolute Gasteiger partial charge is 0.295 e. The summed E-state index contributed by atoms with van der Waals surface area (Å²) in [6.45, 7) is 4.59. The number of benzene rings is 2. The topological polar surface area (TPSA) is 8.81 Å². The highest BCUT2D eigenvalue weighted by Crippen LogP contribution is 2.49. The first kappa shape index (κ1) is 21.9. The maximum Gasteiger partial charge on any atom is 0.295 e. The molecule has 0 N–H and O–H groups in total. The first-order valence-corrected chi connectivity index (χ1v) is 13.7. The second kappa shape index (κ2) is 8.87. The summed E-state index contributed by atoms with van der Waals surface area (Å²) >= 11 is 0. The van der Waals surface area contributed by atoms with Gasteiger partial charge in [0.05, 0.1) is 5.56 Å². The number of fused-ring (bicyclic) bond motifs is 1. The van der Waals surface area contributed by atoms with E-state index in [-0.39, 0.29) is 5.54 Å². The number of aromatic nitrogens is 2. The molecule has 2 saturated carbocycles. The first-order valence-electron chi connectivity index (χ1n) is 13.7. The molecule has 6 rings (SSSR count). The van der Waals surface area contributed by atoms with Crippen molar-refractivity contribution in [2.45, 2.75) is 83.6 Å². The van der Waals surface area contributed by atoms with Gasteiger partial charge in [-0.25, -0.2) is 4.57 Å². The molecule has 0 radical (unpaired) electrons. The normalized spacial score (nSPS) is 20.5. The van der Waals surface area contributed by atoms with Crippen LogP contribution in [0.3, 0.4) is 0 Å². The van der Waals surface area contributed by atoms with Crippen LogP contribution in [0.5, 0.6) is 0 Å². The lowest BCUT2D eigenvalue weighted by Crippen LogP contribution is -2.63. The van der Waals surface area contributed by atoms with Gasteiger partial charge in [-0.05, 0) is 68.5 Å². The van der Waals surface area contributed by atoms with Crippen molar-refractivity contribution in [3.8, 4) is 17.1 Å². The van der Waals surface area contributed by atoms with Crippen LogP contribution in [0, 0.1) is 25.7 Å². The fraction of sp³-hybridized carbons (Fsp3) is 0.469. The minimum atomic E-state index is 0.111. The third kappa shape index (κ3) is 3.33. The molecule has 2 aromatic carbocycles. The molecule has 2 heteroatoms. The lowest BCUT2D eigenvalue weighted by molar-refractivity contribution is -0.757. The molecule has 2 heterocycles. The van der Waals surface area contributed by atoms with Crippen LogP contribution in [0.25, 0.3) is 23.2 Å². The quantitative estimate of drug-likeness (QED) is 0.356. The Morgan fingerprint density at radius 2 is 1.32 bits per heavy atom. The van der Waals surface area contributed by atoms with E-state index in [0.29, 0.717) is 0 Å². The highest BCUT2D eigenvalue weighted by Gasteiger charge is 2.55. The second-order valence-electron chi connectivity index (χ2n) is 11.0. The number of para-hydroxylation sites is 1. The van der Waals surface area contributed by atoms with Crippen LogP contribution in [0.4, 0.5) is 0 Å². The molecule has 0 amide bonds. The molecule has 2 fully saturated rings. The predicted molar refractivity (Wildman–Crippen MR) is 141 cm³/mol. The van der Waals surface area contributed by atoms with E-state index in [4.69, 9.17) is 0 Å². The lowest BCUT2D eigenvalue weighted by Gasteiger charge is -2.44. The van der Waals surface area contributed by atoms with E-state index in [1.165, 1.54) is 98.2 Å². The number of rotatable bonds is 4. The smallest absolute Gasteiger partial charge is 0.213 e. The van der Waals surface area contributed by atoms with Crippen LogP contribution < -0.4 is 4.57 Å². The maximum atomic E-state index is 2.84. The molecule has 2 nitrogen and oxygen atoms in total. The third-order valence-corrected chi connectivity index (χ3v) is 9.17. The van der Waals surface area contributed by atoms with E-state index in [1.807, 2.05) is 0 Å². The molecule has 34 heavy (non-hydrogen) atoms. The molecule has 0 atom stereocenters. The molecule has 0 unspecified atom stereocenters. The summed E-state index contributed by atoms with van der Waals surface area (Å²) in [4.78, 5) is 0. The van der Waals surface area contributed by atoms with Gasteiger partial charge in [0, 0.05) is 18.8 Å². The number of allylic oxidation sites excluding steroid dienone is 1. The Morgan fingerprint density at radius 1 is 0.735 bits per heavy atom. The maximum absolute atomic E-state index is 2.84. The molecule has 3 aliphatic rings. The second-order valence-corrected chi connectivity index (χ2v) is 11.0. The van der Waals surface area contributed by atoms with Crippen LogP contribution in [-0.4, -0.2) is 4.57 Å². The van der Waals surface area contributed by atoms with E-state index in [0.717, 1.165) is 11.8 Å². The van der Waals surface area contributed by atoms with Gasteiger partial charge in [-0.15, -0.1) is 0 Å². The van der Waals surface area contributed by atoms with Crippen LogP contribution in [0.1, 0.15) is 81.2 Å². The summed E-state index contributed by atoms with van der Waals surface area (Å²) in [7, 11) is 0. The van der Waals surface area contributed by atoms with E-state index in [1.54, 1.807) is 0 Å². The minimum absolute atomic E-state index is 0.111. The van der Waals surface area contributed by atoms with Gasteiger partial charge in [-0.2, -0.15) is 4.57 Å². The van der Waals surface area contributed by atoms with Gasteiger partial charge in [0.25, 0.3) is 5.82 Å². The Hall–Kier alpha value is -2.61. The number of aryl methyl sites for hydroxylation is 1. The van der Waals surface area contributed by atoms with Gasteiger partial charge in [0.15, 0.2) is 11.4 Å². The predicted octanol–water partition coefficient (Wildman–Crippen LogP) is 7.93. The van der Waals surface area contributed by atoms with Crippen LogP contribution in [0.15, 0.2) is 60.7 Å². The minimum Gasteiger partial charge on any atom is -0.213 e. The number of hydrogen-bond acceptors (Lipinski definition) is 0. The zero-order valence-corrected chi connectivity index (χ0v) is 21.0. The molecule has 0 saturated heterocycles. The molecule has 0 spiro atoms. The van der Waals surface area contributed by atoms with E-state index < -0.39 is 0 Å². The summed E-state index contributed by atoms with van der Waals surface area (Å²) in [5.41, 5.74) is 6.90. The standard InChI is InChI=1S/C32H39N2/c1-24-14-12-13-21-29(24)33-25(2)30-22-23-32(27-17-8-4-9-18-27,28-19-10-5-11-20-28)34(30)31(33)26-15-6-3-7-16-26/h3,6-7,12-16,21-23,27-28H,4-5,8-11,17-20H2,1-2H3/q+1. The molecule has 2 aliphatic carbocycles. The van der Waals surface area contributed by atoms with Crippen molar-refractivity contribution in [1.82, 2.24) is 4.57 Å². The van der Waals surface area contributed by atoms with Crippen LogP contribution in [0.2, 0.25) is 0 Å². The van der Waals surface area contributed by atoms with Crippen LogP contribution >= 0.6 is 0 Å². The van der Waals surface area contributed by atoms with Crippen molar-refractivity contribution in [1.29, 1.82) is 0 Å². The van der Waals surface area contributed by atoms with Gasteiger partial charge in [0.2, 0.25) is 0 Å². The summed E-state index contributed by atoms with van der Waals surface area (Å²) in [5.74, 6) is 2.85. The molecule has 176 valence electrons. The summed E-state index contributed by atoms with van der Waals surface area (Å²) in [5, 5.41) is 0. The average Bonchev–Trinajstić information content (AvgIpc) is 3.43. The Balaban J connectivity index is 1.66. The van der Waals surface area contributed by atoms with Crippen molar-refractivity contribution in [3.63, 3.8) is 0 Å². The Labute approximate surface area is 205 Å². The van der Waals surface area contributed by atoms with Crippen LogP contribution in [-0.2, 0) is 5.54 Å². The van der Waals surface area contributed by atoms with Crippen molar-refractivity contribution in [3.05, 3.63) is 77.6 Å². The van der Waals surface area contributed by atoms with Gasteiger partial charge >= 0.3 is 0 Å². The molecule has 1 aromatic heterocycles. The fourth-order valence-electron chi connectivity index (χ4n) is 7.58. The SMILES string of the molecule is Cc1ccccc1-n1c(C)c2[n+](c1-c1ccccc1)C(C1CCCCC1)(C1CCCCC1)C=C2. The Bertz CT molecular complexity index is 1170. The van der Waals surface area contributed by atoms with Crippen molar-refractivity contribution in [2.24, 2.45) is 11.8 Å². The van der Waals surface area contributed by atoms with Crippen molar-refractivity contribution >= 4 is 6.08 Å². The third-order valence-electron chi connectivity index (χ3n) is 9.17. The van der Waals surface area contributed by atoms with Gasteiger partial charge in [0.1, 0.15) is 11.2 Å². The summed E-state index contributed by atoms with van der Waals surface area (Å²) in [6.07, 6.45) is 19.0. The van der Waals surface area contributed by atoms with Gasteiger partial charge in [-0.3, -0.25) is 0 Å². The average molecular weight is 452 g/mol. The molecular formula is C32H39N2+. The zero-order valence-electron chi connectivity index (χ0n) is 21.0. The van der Waals surface area contributed by atoms with Gasteiger partial charge < -0.3 is 0 Å².